The number of hydrogen-bond acceptors (Lipinski definition) is 9. The number of aliphatic hydroxyl groups is 1. The number of aliphatic hydroxyl groups excluding tert-OH is 1. The van der Waals surface area contributed by atoms with E-state index in [1.807, 2.05) is 0 Å². The largest absolute Gasteiger partial charge is 0.493 e. The van der Waals surface area contributed by atoms with E-state index in [9.17, 15) is 18.7 Å². The summed E-state index contributed by atoms with van der Waals surface area (Å²) in [4.78, 5) is 23.3. The number of H-pyrrole nitrogens is 1. The van der Waals surface area contributed by atoms with E-state index in [1.54, 1.807) is 25.3 Å². The van der Waals surface area contributed by atoms with Gasteiger partial charge in [0.05, 0.1) is 32.3 Å². The van der Waals surface area contributed by atoms with Gasteiger partial charge in [-0.1, -0.05) is 13.8 Å². The molecule has 11 nitrogen and oxygen atoms in total. The van der Waals surface area contributed by atoms with Gasteiger partial charge in [0.1, 0.15) is 23.8 Å². The summed E-state index contributed by atoms with van der Waals surface area (Å²) < 4.78 is 38.4. The molecule has 0 radical (unpaired) electrons. The lowest BCUT2D eigenvalue weighted by atomic mass is 10.2. The standard InChI is InChI=1S/C29H35F2N7O4/c1-18(2)16-38(6-7-39)5-4-8-42-26-15-24-23(14-25(26)41-3)29(33-17-32-24)35-27-12-22(36-37-27)13-28(40)34-21-10-19(30)9-20(31)11-21/h9-12,14-15,17-18,39H,4-8,13,16H2,1-3H3,(H,34,40)(H2,32,33,35,36,37). The molecule has 0 saturated heterocycles. The molecule has 0 aliphatic heterocycles. The summed E-state index contributed by atoms with van der Waals surface area (Å²) in [6.45, 7) is 7.24. The molecule has 2 aromatic carbocycles. The highest BCUT2D eigenvalue weighted by Crippen LogP contribution is 2.34. The Morgan fingerprint density at radius 2 is 1.86 bits per heavy atom. The van der Waals surface area contributed by atoms with Gasteiger partial charge in [0, 0.05) is 54.6 Å². The van der Waals surface area contributed by atoms with Crippen molar-refractivity contribution in [3.05, 3.63) is 60.1 Å². The Morgan fingerprint density at radius 1 is 1.07 bits per heavy atom. The van der Waals surface area contributed by atoms with Gasteiger partial charge in [-0.3, -0.25) is 9.89 Å². The zero-order valence-corrected chi connectivity index (χ0v) is 23.8. The average Bonchev–Trinajstić information content (AvgIpc) is 3.36. The van der Waals surface area contributed by atoms with Crippen molar-refractivity contribution >= 4 is 34.1 Å². The van der Waals surface area contributed by atoms with Gasteiger partial charge in [0.2, 0.25) is 5.91 Å². The molecule has 2 aromatic heterocycles. The van der Waals surface area contributed by atoms with Gasteiger partial charge >= 0.3 is 0 Å². The van der Waals surface area contributed by atoms with Crippen LogP contribution in [0.3, 0.4) is 0 Å². The van der Waals surface area contributed by atoms with Gasteiger partial charge in [-0.2, -0.15) is 5.10 Å². The predicted molar refractivity (Wildman–Crippen MR) is 155 cm³/mol. The molecule has 13 heteroatoms. The highest BCUT2D eigenvalue weighted by Gasteiger charge is 2.15. The fourth-order valence-electron chi connectivity index (χ4n) is 4.50. The minimum atomic E-state index is -0.784. The van der Waals surface area contributed by atoms with Crippen molar-refractivity contribution in [3.63, 3.8) is 0 Å². The van der Waals surface area contributed by atoms with Crippen molar-refractivity contribution in [1.82, 2.24) is 25.1 Å². The lowest BCUT2D eigenvalue weighted by Crippen LogP contribution is -2.32. The number of carbonyl (C=O) groups excluding carboxylic acids is 1. The van der Waals surface area contributed by atoms with Crippen molar-refractivity contribution in [2.45, 2.75) is 26.7 Å². The molecular formula is C29H35F2N7O4. The van der Waals surface area contributed by atoms with Gasteiger partial charge in [-0.25, -0.2) is 18.7 Å². The van der Waals surface area contributed by atoms with Gasteiger partial charge < -0.3 is 30.1 Å². The number of nitrogens with one attached hydrogen (secondary N) is 3. The number of anilines is 3. The number of methoxy groups -OCH3 is 1. The number of rotatable bonds is 15. The molecule has 0 saturated carbocycles. The Labute approximate surface area is 242 Å². The summed E-state index contributed by atoms with van der Waals surface area (Å²) in [5.74, 6) is 0.412. The first-order chi connectivity index (χ1) is 20.2. The Hall–Kier alpha value is -4.36. The maximum atomic E-state index is 13.4. The van der Waals surface area contributed by atoms with Crippen LogP contribution >= 0.6 is 0 Å². The van der Waals surface area contributed by atoms with Crippen LogP contribution in [0.5, 0.6) is 11.5 Å². The summed E-state index contributed by atoms with van der Waals surface area (Å²) in [6, 6.07) is 8.00. The van der Waals surface area contributed by atoms with Crippen LogP contribution in [0, 0.1) is 17.6 Å². The first-order valence-corrected chi connectivity index (χ1v) is 13.6. The van der Waals surface area contributed by atoms with Crippen LogP contribution in [0.1, 0.15) is 26.0 Å². The normalized spacial score (nSPS) is 11.3. The van der Waals surface area contributed by atoms with Crippen molar-refractivity contribution in [3.8, 4) is 11.5 Å². The smallest absolute Gasteiger partial charge is 0.230 e. The Balaban J connectivity index is 1.39. The van der Waals surface area contributed by atoms with Crippen molar-refractivity contribution in [1.29, 1.82) is 0 Å². The summed E-state index contributed by atoms with van der Waals surface area (Å²) in [7, 11) is 1.56. The molecule has 0 fully saturated rings. The molecule has 42 heavy (non-hydrogen) atoms. The lowest BCUT2D eigenvalue weighted by molar-refractivity contribution is -0.115. The van der Waals surface area contributed by atoms with E-state index in [2.05, 4.69) is 49.5 Å². The lowest BCUT2D eigenvalue weighted by Gasteiger charge is -2.23. The van der Waals surface area contributed by atoms with E-state index in [-0.39, 0.29) is 18.7 Å². The number of aromatic nitrogens is 4. The Morgan fingerprint density at radius 3 is 2.57 bits per heavy atom. The second kappa shape index (κ2) is 14.5. The van der Waals surface area contributed by atoms with E-state index < -0.39 is 17.5 Å². The second-order valence-electron chi connectivity index (χ2n) is 10.1. The fraction of sp³-hybridized carbons (Fsp3) is 0.379. The molecular weight excluding hydrogens is 548 g/mol. The highest BCUT2D eigenvalue weighted by molar-refractivity contribution is 5.93. The van der Waals surface area contributed by atoms with Crippen molar-refractivity contribution < 1.29 is 28.2 Å². The third-order valence-electron chi connectivity index (χ3n) is 6.21. The summed E-state index contributed by atoms with van der Waals surface area (Å²) in [5.41, 5.74) is 1.13. The number of carbonyl (C=O) groups is 1. The molecule has 2 heterocycles. The molecule has 4 rings (SSSR count). The topological polar surface area (TPSA) is 138 Å². The van der Waals surface area contributed by atoms with Crippen LogP contribution in [0.25, 0.3) is 10.9 Å². The summed E-state index contributed by atoms with van der Waals surface area (Å²) in [6.07, 6.45) is 2.10. The SMILES string of the molecule is COc1cc2c(Nc3cc(CC(=O)Nc4cc(F)cc(F)c4)[nH]n3)ncnc2cc1OCCCN(CCO)CC(C)C. The average molecular weight is 584 g/mol. The van der Waals surface area contributed by atoms with Gasteiger partial charge in [0.15, 0.2) is 17.3 Å². The van der Waals surface area contributed by atoms with Crippen LogP contribution < -0.4 is 20.1 Å². The number of nitrogens with zero attached hydrogens (tertiary/aromatic N) is 4. The number of amides is 1. The minimum Gasteiger partial charge on any atom is -0.493 e. The highest BCUT2D eigenvalue weighted by atomic mass is 19.1. The molecule has 1 amide bonds. The van der Waals surface area contributed by atoms with Crippen LogP contribution in [0.15, 0.2) is 42.7 Å². The van der Waals surface area contributed by atoms with Gasteiger partial charge in [-0.05, 0) is 30.5 Å². The third kappa shape index (κ3) is 8.57. The predicted octanol–water partition coefficient (Wildman–Crippen LogP) is 4.28. The Kier molecular flexibility index (Phi) is 10.6. The van der Waals surface area contributed by atoms with E-state index in [0.717, 1.165) is 37.7 Å². The maximum absolute atomic E-state index is 13.4. The van der Waals surface area contributed by atoms with Crippen molar-refractivity contribution in [2.75, 3.05) is 50.6 Å². The molecule has 0 bridgehead atoms. The van der Waals surface area contributed by atoms with E-state index in [4.69, 9.17) is 9.47 Å². The fourth-order valence-corrected chi connectivity index (χ4v) is 4.50. The molecule has 0 spiro atoms. The van der Waals surface area contributed by atoms with Crippen molar-refractivity contribution in [2.24, 2.45) is 5.92 Å². The van der Waals surface area contributed by atoms with E-state index in [0.29, 0.717) is 58.8 Å². The van der Waals surface area contributed by atoms with Gasteiger partial charge in [0.25, 0.3) is 0 Å². The maximum Gasteiger partial charge on any atom is 0.230 e. The summed E-state index contributed by atoms with van der Waals surface area (Å²) >= 11 is 0. The van der Waals surface area contributed by atoms with E-state index >= 15 is 0 Å². The van der Waals surface area contributed by atoms with E-state index in [1.165, 1.54) is 6.33 Å². The minimum absolute atomic E-state index is 0.0231. The molecule has 0 unspecified atom stereocenters. The molecule has 0 aliphatic rings. The number of hydrogen-bond donors (Lipinski definition) is 4. The van der Waals surface area contributed by atoms with Crippen LogP contribution in [-0.4, -0.2) is 76.0 Å². The van der Waals surface area contributed by atoms with Crippen LogP contribution in [0.2, 0.25) is 0 Å². The second-order valence-corrected chi connectivity index (χ2v) is 10.1. The number of fused-ring (bicyclic) bond motifs is 1. The number of ether oxygens (including phenoxy) is 2. The number of aromatic amines is 1. The Bertz CT molecular complexity index is 1480. The van der Waals surface area contributed by atoms with Gasteiger partial charge in [-0.15, -0.1) is 0 Å². The van der Waals surface area contributed by atoms with Crippen LogP contribution in [-0.2, 0) is 11.2 Å². The quantitative estimate of drug-likeness (QED) is 0.151. The number of halogens is 2. The first-order valence-electron chi connectivity index (χ1n) is 13.6. The zero-order valence-electron chi connectivity index (χ0n) is 23.8. The zero-order chi connectivity index (χ0) is 30.1. The molecule has 4 aromatic rings. The first kappa shape index (κ1) is 30.6. The number of benzene rings is 2. The molecule has 4 N–H and O–H groups in total. The monoisotopic (exact) mass is 583 g/mol. The van der Waals surface area contributed by atoms with Crippen LogP contribution in [0.4, 0.5) is 26.1 Å². The third-order valence-corrected chi connectivity index (χ3v) is 6.21. The summed E-state index contributed by atoms with van der Waals surface area (Å²) in [5, 5.41) is 22.5. The molecule has 0 aliphatic carbocycles. The molecule has 224 valence electrons. The molecule has 0 atom stereocenters.